The summed E-state index contributed by atoms with van der Waals surface area (Å²) in [5, 5.41) is 9.73. The number of rotatable bonds is 4. The van der Waals surface area contributed by atoms with Crippen molar-refractivity contribution in [2.75, 3.05) is 4.90 Å². The molecule has 56 heavy (non-hydrogen) atoms. The van der Waals surface area contributed by atoms with Crippen LogP contribution in [0.4, 0.5) is 17.1 Å². The number of fused-ring (bicyclic) bond motifs is 11. The van der Waals surface area contributed by atoms with Gasteiger partial charge in [0.05, 0.1) is 16.7 Å². The van der Waals surface area contributed by atoms with Crippen molar-refractivity contribution in [1.82, 2.24) is 4.57 Å². The van der Waals surface area contributed by atoms with Gasteiger partial charge in [-0.2, -0.15) is 0 Å². The van der Waals surface area contributed by atoms with Crippen LogP contribution in [-0.2, 0) is 5.41 Å². The number of hydrogen-bond donors (Lipinski definition) is 0. The van der Waals surface area contributed by atoms with Crippen LogP contribution in [-0.4, -0.2) is 4.57 Å². The van der Waals surface area contributed by atoms with E-state index in [9.17, 15) is 0 Å². The maximum absolute atomic E-state index is 6.27. The van der Waals surface area contributed by atoms with Gasteiger partial charge in [0.15, 0.2) is 0 Å². The molecule has 0 saturated carbocycles. The number of furan rings is 1. The first-order chi connectivity index (χ1) is 27.5. The molecule has 0 bridgehead atoms. The van der Waals surface area contributed by atoms with Gasteiger partial charge in [-0.1, -0.05) is 123 Å². The Morgan fingerprint density at radius 2 is 1.05 bits per heavy atom. The van der Waals surface area contributed by atoms with Crippen LogP contribution >= 0.6 is 0 Å². The molecule has 0 unspecified atom stereocenters. The summed E-state index contributed by atoms with van der Waals surface area (Å²) in [6.07, 6.45) is 0. The Labute approximate surface area is 324 Å². The third kappa shape index (κ3) is 4.40. The summed E-state index contributed by atoms with van der Waals surface area (Å²) in [5.41, 5.74) is 13.8. The fourth-order valence-electron chi connectivity index (χ4n) is 9.61. The van der Waals surface area contributed by atoms with Gasteiger partial charge in [-0.15, -0.1) is 0 Å². The Balaban J connectivity index is 1.04. The highest BCUT2D eigenvalue weighted by atomic mass is 16.3. The van der Waals surface area contributed by atoms with Crippen molar-refractivity contribution in [2.24, 2.45) is 0 Å². The molecule has 1 aliphatic carbocycles. The van der Waals surface area contributed by atoms with E-state index in [1.54, 1.807) is 0 Å². The van der Waals surface area contributed by atoms with Crippen molar-refractivity contribution in [3.63, 3.8) is 0 Å². The van der Waals surface area contributed by atoms with E-state index in [0.29, 0.717) is 0 Å². The minimum absolute atomic E-state index is 0.239. The minimum Gasteiger partial charge on any atom is -0.456 e. The zero-order valence-corrected chi connectivity index (χ0v) is 31.1. The minimum atomic E-state index is -0.239. The lowest BCUT2D eigenvalue weighted by molar-refractivity contribution is 0.660. The molecule has 0 saturated heterocycles. The highest BCUT2D eigenvalue weighted by Gasteiger charge is 2.37. The van der Waals surface area contributed by atoms with E-state index in [4.69, 9.17) is 4.42 Å². The molecule has 12 rings (SSSR count). The molecule has 2 aromatic heterocycles. The first kappa shape index (κ1) is 31.3. The third-order valence-corrected chi connectivity index (χ3v) is 12.3. The van der Waals surface area contributed by atoms with Gasteiger partial charge < -0.3 is 13.9 Å². The Hall–Kier alpha value is -7.10. The maximum atomic E-state index is 6.27. The fraction of sp³-hybridized carbons (Fsp3) is 0.0566. The summed E-state index contributed by atoms with van der Waals surface area (Å²) in [4.78, 5) is 2.43. The number of para-hydroxylation sites is 2. The lowest BCUT2D eigenvalue weighted by Crippen LogP contribution is -2.17. The first-order valence-corrected chi connectivity index (χ1v) is 19.4. The van der Waals surface area contributed by atoms with E-state index in [1.165, 1.54) is 71.3 Å². The Morgan fingerprint density at radius 1 is 0.429 bits per heavy atom. The van der Waals surface area contributed by atoms with Crippen LogP contribution in [0.2, 0.25) is 0 Å². The van der Waals surface area contributed by atoms with Crippen molar-refractivity contribution in [3.05, 3.63) is 193 Å². The van der Waals surface area contributed by atoms with Gasteiger partial charge in [0.2, 0.25) is 0 Å². The summed E-state index contributed by atoms with van der Waals surface area (Å²) < 4.78 is 8.73. The van der Waals surface area contributed by atoms with Crippen LogP contribution in [0.3, 0.4) is 0 Å². The molecular formula is C53H36N2O. The van der Waals surface area contributed by atoms with Gasteiger partial charge in [0, 0.05) is 49.4 Å². The molecular weight excluding hydrogens is 681 g/mol. The lowest BCUT2D eigenvalue weighted by Gasteiger charge is -2.29. The zero-order chi connectivity index (χ0) is 37.1. The number of anilines is 3. The van der Waals surface area contributed by atoms with Gasteiger partial charge in [0.25, 0.3) is 0 Å². The Kier molecular flexibility index (Phi) is 6.40. The molecule has 2 heterocycles. The molecule has 3 nitrogen and oxygen atoms in total. The quantitative estimate of drug-likeness (QED) is 0.181. The van der Waals surface area contributed by atoms with Crippen molar-refractivity contribution < 1.29 is 4.42 Å². The summed E-state index contributed by atoms with van der Waals surface area (Å²) >= 11 is 0. The molecule has 0 aliphatic heterocycles. The van der Waals surface area contributed by atoms with Crippen LogP contribution in [0.1, 0.15) is 25.0 Å². The largest absolute Gasteiger partial charge is 0.456 e. The number of nitrogens with zero attached hydrogens (tertiary/aromatic N) is 2. The SMILES string of the molecule is CC1(C)c2cc(N(c3ccc4oc5ccccc5c4c3)c3cccc4ccccc34)ccc2-c2ccc(-n3c4ccccc4c4cc5ccccc5cc43)cc21. The van der Waals surface area contributed by atoms with Gasteiger partial charge in [-0.3, -0.25) is 0 Å². The van der Waals surface area contributed by atoms with Crippen LogP contribution in [0, 0.1) is 0 Å². The predicted molar refractivity (Wildman–Crippen MR) is 235 cm³/mol. The topological polar surface area (TPSA) is 21.3 Å². The van der Waals surface area contributed by atoms with Gasteiger partial charge >= 0.3 is 0 Å². The summed E-state index contributed by atoms with van der Waals surface area (Å²) in [6, 6.07) is 66.6. The van der Waals surface area contributed by atoms with Crippen LogP contribution in [0.15, 0.2) is 186 Å². The van der Waals surface area contributed by atoms with E-state index in [0.717, 1.165) is 39.0 Å². The van der Waals surface area contributed by atoms with E-state index in [1.807, 2.05) is 12.1 Å². The second-order valence-electron chi connectivity index (χ2n) is 15.8. The molecule has 0 radical (unpaired) electrons. The molecule has 3 heteroatoms. The smallest absolute Gasteiger partial charge is 0.135 e. The van der Waals surface area contributed by atoms with Crippen LogP contribution in [0.25, 0.3) is 82.1 Å². The fourth-order valence-corrected chi connectivity index (χ4v) is 9.61. The summed E-state index contributed by atoms with van der Waals surface area (Å²) in [5.74, 6) is 0. The summed E-state index contributed by atoms with van der Waals surface area (Å²) in [6.45, 7) is 4.77. The average molecular weight is 717 g/mol. The van der Waals surface area contributed by atoms with Gasteiger partial charge in [-0.05, 0) is 111 Å². The number of aromatic nitrogens is 1. The molecule has 0 fully saturated rings. The van der Waals surface area contributed by atoms with E-state index >= 15 is 0 Å². The predicted octanol–water partition coefficient (Wildman–Crippen LogP) is 14.8. The molecule has 0 spiro atoms. The Morgan fingerprint density at radius 3 is 1.91 bits per heavy atom. The summed E-state index contributed by atoms with van der Waals surface area (Å²) in [7, 11) is 0. The third-order valence-electron chi connectivity index (χ3n) is 12.3. The van der Waals surface area contributed by atoms with E-state index in [-0.39, 0.29) is 5.41 Å². The zero-order valence-electron chi connectivity index (χ0n) is 31.1. The maximum Gasteiger partial charge on any atom is 0.135 e. The number of hydrogen-bond acceptors (Lipinski definition) is 2. The average Bonchev–Trinajstić information content (AvgIpc) is 3.85. The standard InChI is InChI=1S/C53H36N2O/c1-53(2)46-31-37(54(48-20-11-15-33-12-5-6-16-39(33)48)36-24-27-52-45(30-36)43-18-8-10-21-51(43)56-52)22-25-40(46)41-26-23-38(32-47(41)53)55-49-19-9-7-17-42(49)44-28-34-13-3-4-14-35(34)29-50(44)55/h3-32H,1-2H3. The first-order valence-electron chi connectivity index (χ1n) is 19.4. The van der Waals surface area contributed by atoms with Crippen molar-refractivity contribution in [1.29, 1.82) is 0 Å². The molecule has 264 valence electrons. The second kappa shape index (κ2) is 11.5. The van der Waals surface area contributed by atoms with Crippen LogP contribution < -0.4 is 4.90 Å². The normalized spacial score (nSPS) is 13.3. The molecule has 0 N–H and O–H groups in total. The highest BCUT2D eigenvalue weighted by Crippen LogP contribution is 2.52. The second-order valence-corrected chi connectivity index (χ2v) is 15.8. The highest BCUT2D eigenvalue weighted by molar-refractivity contribution is 6.14. The van der Waals surface area contributed by atoms with Crippen molar-refractivity contribution >= 4 is 82.4 Å². The molecule has 11 aromatic rings. The van der Waals surface area contributed by atoms with Crippen molar-refractivity contribution in [3.8, 4) is 16.8 Å². The van der Waals surface area contributed by atoms with Gasteiger partial charge in [0.1, 0.15) is 11.2 Å². The Bertz CT molecular complexity index is 3410. The molecule has 9 aromatic carbocycles. The van der Waals surface area contributed by atoms with Crippen LogP contribution in [0.5, 0.6) is 0 Å². The van der Waals surface area contributed by atoms with E-state index < -0.39 is 0 Å². The molecule has 0 amide bonds. The van der Waals surface area contributed by atoms with Crippen molar-refractivity contribution in [2.45, 2.75) is 19.3 Å². The molecule has 1 aliphatic rings. The lowest BCUT2D eigenvalue weighted by atomic mass is 9.82. The molecule has 0 atom stereocenters. The monoisotopic (exact) mass is 716 g/mol. The van der Waals surface area contributed by atoms with E-state index in [2.05, 4.69) is 193 Å². The van der Waals surface area contributed by atoms with Gasteiger partial charge in [-0.25, -0.2) is 0 Å². The number of benzene rings is 9.